The van der Waals surface area contributed by atoms with Crippen LogP contribution in [-0.2, 0) is 0 Å². The smallest absolute Gasteiger partial charge is 0.253 e. The van der Waals surface area contributed by atoms with Gasteiger partial charge in [0.15, 0.2) is 0 Å². The molecule has 0 N–H and O–H groups in total. The SMILES string of the molecule is CCCCOc1ccc(C(=O)N2CCSC(c3cccs3)CC2)cc1. The molecule has 5 heteroatoms. The fraction of sp³-hybridized carbons (Fsp3) is 0.450. The Morgan fingerprint density at radius 3 is 2.80 bits per heavy atom. The van der Waals surface area contributed by atoms with Gasteiger partial charge in [-0.3, -0.25) is 4.79 Å². The van der Waals surface area contributed by atoms with E-state index in [1.54, 1.807) is 0 Å². The highest BCUT2D eigenvalue weighted by Crippen LogP contribution is 2.36. The second-order valence-electron chi connectivity index (χ2n) is 6.18. The van der Waals surface area contributed by atoms with E-state index >= 15 is 0 Å². The van der Waals surface area contributed by atoms with Gasteiger partial charge in [-0.2, -0.15) is 11.8 Å². The Morgan fingerprint density at radius 1 is 1.24 bits per heavy atom. The van der Waals surface area contributed by atoms with Crippen LogP contribution in [0.5, 0.6) is 5.75 Å². The lowest BCUT2D eigenvalue weighted by atomic mass is 10.1. The van der Waals surface area contributed by atoms with Gasteiger partial charge in [-0.1, -0.05) is 19.4 Å². The molecule has 0 spiro atoms. The van der Waals surface area contributed by atoms with Crippen molar-refractivity contribution in [1.82, 2.24) is 4.90 Å². The Balaban J connectivity index is 1.57. The van der Waals surface area contributed by atoms with Crippen molar-refractivity contribution in [3.8, 4) is 5.75 Å². The summed E-state index contributed by atoms with van der Waals surface area (Å²) in [7, 11) is 0. The fourth-order valence-electron chi connectivity index (χ4n) is 2.89. The molecule has 1 unspecified atom stereocenters. The van der Waals surface area contributed by atoms with Crippen LogP contribution in [0, 0.1) is 0 Å². The Kier molecular flexibility index (Phi) is 6.82. The quantitative estimate of drug-likeness (QED) is 0.646. The number of carbonyl (C=O) groups excluding carboxylic acids is 1. The van der Waals surface area contributed by atoms with Crippen molar-refractivity contribution in [3.63, 3.8) is 0 Å². The molecule has 1 saturated heterocycles. The highest BCUT2D eigenvalue weighted by Gasteiger charge is 2.23. The van der Waals surface area contributed by atoms with E-state index in [-0.39, 0.29) is 5.91 Å². The molecule has 25 heavy (non-hydrogen) atoms. The summed E-state index contributed by atoms with van der Waals surface area (Å²) in [6, 6.07) is 11.9. The van der Waals surface area contributed by atoms with Crippen molar-refractivity contribution in [2.75, 3.05) is 25.4 Å². The zero-order valence-corrected chi connectivity index (χ0v) is 16.3. The number of benzene rings is 1. The first-order chi connectivity index (χ1) is 12.3. The second-order valence-corrected chi connectivity index (χ2v) is 8.47. The molecule has 0 saturated carbocycles. The molecule has 3 nitrogen and oxygen atoms in total. The molecule has 1 atom stereocenters. The molecule has 0 aliphatic carbocycles. The molecule has 1 aliphatic heterocycles. The normalized spacial score (nSPS) is 18.0. The van der Waals surface area contributed by atoms with Crippen LogP contribution in [0.15, 0.2) is 41.8 Å². The number of nitrogens with zero attached hydrogens (tertiary/aromatic N) is 1. The lowest BCUT2D eigenvalue weighted by molar-refractivity contribution is 0.0766. The van der Waals surface area contributed by atoms with Crippen LogP contribution in [-0.4, -0.2) is 36.3 Å². The maximum Gasteiger partial charge on any atom is 0.253 e. The van der Waals surface area contributed by atoms with E-state index in [4.69, 9.17) is 4.74 Å². The summed E-state index contributed by atoms with van der Waals surface area (Å²) in [6.07, 6.45) is 3.20. The van der Waals surface area contributed by atoms with Crippen molar-refractivity contribution in [1.29, 1.82) is 0 Å². The lowest BCUT2D eigenvalue weighted by Crippen LogP contribution is -2.32. The summed E-state index contributed by atoms with van der Waals surface area (Å²) in [6.45, 7) is 4.52. The molecule has 134 valence electrons. The molecule has 2 aromatic rings. The van der Waals surface area contributed by atoms with E-state index < -0.39 is 0 Å². The third kappa shape index (κ3) is 5.02. The molecular formula is C20H25NO2S2. The highest BCUT2D eigenvalue weighted by molar-refractivity contribution is 7.99. The van der Waals surface area contributed by atoms with Crippen LogP contribution in [0.3, 0.4) is 0 Å². The van der Waals surface area contributed by atoms with Crippen LogP contribution in [0.1, 0.15) is 46.7 Å². The summed E-state index contributed by atoms with van der Waals surface area (Å²) in [4.78, 5) is 16.2. The largest absolute Gasteiger partial charge is 0.494 e. The molecule has 2 heterocycles. The first-order valence-electron chi connectivity index (χ1n) is 8.95. The van der Waals surface area contributed by atoms with Crippen molar-refractivity contribution in [2.24, 2.45) is 0 Å². The fourth-order valence-corrected chi connectivity index (χ4v) is 5.12. The van der Waals surface area contributed by atoms with E-state index in [2.05, 4.69) is 24.4 Å². The topological polar surface area (TPSA) is 29.5 Å². The number of thiophene rings is 1. The number of thioether (sulfide) groups is 1. The number of ether oxygens (including phenoxy) is 1. The Morgan fingerprint density at radius 2 is 2.08 bits per heavy atom. The summed E-state index contributed by atoms with van der Waals surface area (Å²) in [5, 5.41) is 2.65. The second kappa shape index (κ2) is 9.30. The number of carbonyl (C=O) groups is 1. The Labute approximate surface area is 158 Å². The predicted octanol–water partition coefficient (Wildman–Crippen LogP) is 5.25. The maximum atomic E-state index is 12.8. The van der Waals surface area contributed by atoms with Crippen LogP contribution in [0.2, 0.25) is 0 Å². The molecule has 1 aromatic carbocycles. The number of amides is 1. The van der Waals surface area contributed by atoms with Gasteiger partial charge in [-0.25, -0.2) is 0 Å². The van der Waals surface area contributed by atoms with E-state index in [0.29, 0.717) is 5.25 Å². The molecule has 1 aliphatic rings. The van der Waals surface area contributed by atoms with Crippen LogP contribution in [0.25, 0.3) is 0 Å². The van der Waals surface area contributed by atoms with Gasteiger partial charge in [0, 0.05) is 34.5 Å². The van der Waals surface area contributed by atoms with Gasteiger partial charge in [0.25, 0.3) is 5.91 Å². The monoisotopic (exact) mass is 375 g/mol. The van der Waals surface area contributed by atoms with Crippen molar-refractivity contribution in [3.05, 3.63) is 52.2 Å². The zero-order valence-electron chi connectivity index (χ0n) is 14.6. The highest BCUT2D eigenvalue weighted by atomic mass is 32.2. The molecule has 1 amide bonds. The number of rotatable bonds is 6. The van der Waals surface area contributed by atoms with Gasteiger partial charge in [0.2, 0.25) is 0 Å². The van der Waals surface area contributed by atoms with Gasteiger partial charge < -0.3 is 9.64 Å². The third-order valence-electron chi connectivity index (χ3n) is 4.36. The predicted molar refractivity (Wildman–Crippen MR) is 107 cm³/mol. The molecule has 0 bridgehead atoms. The van der Waals surface area contributed by atoms with Gasteiger partial charge in [-0.05, 0) is 48.6 Å². The Hall–Kier alpha value is -1.46. The van der Waals surface area contributed by atoms with Gasteiger partial charge >= 0.3 is 0 Å². The zero-order chi connectivity index (χ0) is 17.5. The minimum Gasteiger partial charge on any atom is -0.494 e. The first kappa shape index (κ1) is 18.3. The van der Waals surface area contributed by atoms with E-state index in [1.165, 1.54) is 4.88 Å². The van der Waals surface area contributed by atoms with E-state index in [0.717, 1.165) is 56.0 Å². The molecule has 1 aromatic heterocycles. The lowest BCUT2D eigenvalue weighted by Gasteiger charge is -2.20. The number of unbranched alkanes of at least 4 members (excludes halogenated alkanes) is 1. The summed E-state index contributed by atoms with van der Waals surface area (Å²) in [5.41, 5.74) is 0.752. The minimum absolute atomic E-state index is 0.132. The van der Waals surface area contributed by atoms with E-state index in [1.807, 2.05) is 52.3 Å². The van der Waals surface area contributed by atoms with Crippen LogP contribution in [0.4, 0.5) is 0 Å². The molecule has 3 rings (SSSR count). The van der Waals surface area contributed by atoms with E-state index in [9.17, 15) is 4.79 Å². The number of hydrogen-bond donors (Lipinski definition) is 0. The third-order valence-corrected chi connectivity index (χ3v) is 6.80. The van der Waals surface area contributed by atoms with Gasteiger partial charge in [-0.15, -0.1) is 11.3 Å². The van der Waals surface area contributed by atoms with Gasteiger partial charge in [0.1, 0.15) is 5.75 Å². The molecule has 0 radical (unpaired) electrons. The minimum atomic E-state index is 0.132. The van der Waals surface area contributed by atoms with Gasteiger partial charge in [0.05, 0.1) is 6.61 Å². The molecular weight excluding hydrogens is 350 g/mol. The molecule has 1 fully saturated rings. The average Bonchev–Trinajstić information content (AvgIpc) is 3.07. The average molecular weight is 376 g/mol. The Bertz CT molecular complexity index is 655. The maximum absolute atomic E-state index is 12.8. The van der Waals surface area contributed by atoms with Crippen LogP contribution < -0.4 is 4.74 Å². The van der Waals surface area contributed by atoms with Crippen molar-refractivity contribution < 1.29 is 9.53 Å². The summed E-state index contributed by atoms with van der Waals surface area (Å²) in [5.74, 6) is 1.97. The van der Waals surface area contributed by atoms with Crippen molar-refractivity contribution >= 4 is 29.0 Å². The standard InChI is InChI=1S/C20H25NO2S2/c1-2-3-13-23-17-8-6-16(7-9-17)20(22)21-11-10-19(25-15-12-21)18-5-4-14-24-18/h4-9,14,19H,2-3,10-13,15H2,1H3. The summed E-state index contributed by atoms with van der Waals surface area (Å²) >= 11 is 3.78. The summed E-state index contributed by atoms with van der Waals surface area (Å²) < 4.78 is 5.67. The van der Waals surface area contributed by atoms with Crippen LogP contribution >= 0.6 is 23.1 Å². The van der Waals surface area contributed by atoms with Crippen molar-refractivity contribution in [2.45, 2.75) is 31.4 Å². The number of hydrogen-bond acceptors (Lipinski definition) is 4. The first-order valence-corrected chi connectivity index (χ1v) is 10.9.